The monoisotopic (exact) mass is 313 g/mol. The summed E-state index contributed by atoms with van der Waals surface area (Å²) in [6, 6.07) is 0.579. The van der Waals surface area contributed by atoms with E-state index < -0.39 is 0 Å². The molecule has 1 amide bonds. The molecule has 2 aliphatic heterocycles. The van der Waals surface area contributed by atoms with E-state index >= 15 is 0 Å². The predicted molar refractivity (Wildman–Crippen MR) is 90.9 cm³/mol. The van der Waals surface area contributed by atoms with Crippen LogP contribution in [0.4, 0.5) is 0 Å². The van der Waals surface area contributed by atoms with E-state index in [0.29, 0.717) is 17.2 Å². The fourth-order valence-corrected chi connectivity index (χ4v) is 3.79. The Bertz CT molecular complexity index is 330. The lowest BCUT2D eigenvalue weighted by Crippen LogP contribution is -2.49. The number of rotatable bonds is 5. The quantitative estimate of drug-likeness (QED) is 0.757. The zero-order valence-electron chi connectivity index (χ0n) is 13.6. The van der Waals surface area contributed by atoms with Gasteiger partial charge in [-0.3, -0.25) is 4.79 Å². The zero-order chi connectivity index (χ0) is 15.3. The highest BCUT2D eigenvalue weighted by atomic mass is 32.1. The normalized spacial score (nSPS) is 23.0. The molecule has 0 aromatic carbocycles. The molecule has 0 unspecified atom stereocenters. The summed E-state index contributed by atoms with van der Waals surface area (Å²) in [5.74, 6) is 0.550. The molecule has 2 saturated heterocycles. The molecule has 0 aromatic rings. The lowest BCUT2D eigenvalue weighted by molar-refractivity contribution is -0.131. The summed E-state index contributed by atoms with van der Waals surface area (Å²) in [4.78, 5) is 16.3. The van der Waals surface area contributed by atoms with Gasteiger partial charge in [0.05, 0.1) is 5.75 Å². The number of hydrogen-bond acceptors (Lipinski definition) is 4. The van der Waals surface area contributed by atoms with E-state index in [-0.39, 0.29) is 5.91 Å². The largest absolute Gasteiger partial charge is 0.342 e. The Morgan fingerprint density at radius 3 is 2.24 bits per heavy atom. The van der Waals surface area contributed by atoms with Crippen LogP contribution >= 0.6 is 12.6 Å². The van der Waals surface area contributed by atoms with Gasteiger partial charge in [0.2, 0.25) is 5.91 Å². The fraction of sp³-hybridized carbons (Fsp3) is 0.938. The summed E-state index contributed by atoms with van der Waals surface area (Å²) in [5, 5.41) is 3.50. The molecular formula is C16H31N3OS. The summed E-state index contributed by atoms with van der Waals surface area (Å²) in [6.45, 7) is 11.0. The van der Waals surface area contributed by atoms with Gasteiger partial charge in [0, 0.05) is 32.2 Å². The topological polar surface area (TPSA) is 35.6 Å². The van der Waals surface area contributed by atoms with E-state index in [9.17, 15) is 4.79 Å². The number of likely N-dealkylation sites (tertiary alicyclic amines) is 2. The first-order chi connectivity index (χ1) is 10.0. The molecule has 2 fully saturated rings. The molecule has 4 nitrogen and oxygen atoms in total. The minimum Gasteiger partial charge on any atom is -0.342 e. The maximum atomic E-state index is 11.7. The van der Waals surface area contributed by atoms with Crippen molar-refractivity contribution in [3.05, 3.63) is 0 Å². The number of nitrogens with zero attached hydrogens (tertiary/aromatic N) is 2. The highest BCUT2D eigenvalue weighted by Gasteiger charge is 2.38. The van der Waals surface area contributed by atoms with Crippen LogP contribution in [0.5, 0.6) is 0 Å². The molecule has 2 aliphatic rings. The first-order valence-corrected chi connectivity index (χ1v) is 9.02. The van der Waals surface area contributed by atoms with Crippen molar-refractivity contribution < 1.29 is 4.79 Å². The van der Waals surface area contributed by atoms with E-state index in [2.05, 4.69) is 36.7 Å². The van der Waals surface area contributed by atoms with Crippen molar-refractivity contribution in [3.8, 4) is 0 Å². The molecule has 0 radical (unpaired) electrons. The van der Waals surface area contributed by atoms with Crippen LogP contribution < -0.4 is 5.32 Å². The Balaban J connectivity index is 1.70. The van der Waals surface area contributed by atoms with Crippen LogP contribution in [0, 0.1) is 5.41 Å². The second-order valence-corrected chi connectivity index (χ2v) is 7.31. The van der Waals surface area contributed by atoms with E-state index in [1.54, 1.807) is 0 Å². The lowest BCUT2D eigenvalue weighted by Gasteiger charge is -2.47. The average Bonchev–Trinajstić information content (AvgIpc) is 2.49. The van der Waals surface area contributed by atoms with Gasteiger partial charge in [0.25, 0.3) is 0 Å². The van der Waals surface area contributed by atoms with Crippen molar-refractivity contribution >= 4 is 18.5 Å². The molecule has 122 valence electrons. The highest BCUT2D eigenvalue weighted by molar-refractivity contribution is 7.81. The molecule has 2 heterocycles. The second kappa shape index (κ2) is 7.84. The van der Waals surface area contributed by atoms with Crippen molar-refractivity contribution in [3.63, 3.8) is 0 Å². The van der Waals surface area contributed by atoms with Gasteiger partial charge in [-0.05, 0) is 44.2 Å². The van der Waals surface area contributed by atoms with Crippen molar-refractivity contribution in [2.24, 2.45) is 5.41 Å². The summed E-state index contributed by atoms with van der Waals surface area (Å²) >= 11 is 4.10. The molecule has 0 aromatic heterocycles. The van der Waals surface area contributed by atoms with Gasteiger partial charge in [-0.2, -0.15) is 12.6 Å². The molecular weight excluding hydrogens is 282 g/mol. The number of thiol groups is 1. The van der Waals surface area contributed by atoms with Crippen LogP contribution in [0.15, 0.2) is 0 Å². The Hall–Kier alpha value is -0.260. The standard InChI is InChI=1S/C16H31N3OS/c1-14(2)17-7-12-18-8-3-16(4-9-18)5-10-19(11-6-16)15(20)13-21/h14,17,21H,3-13H2,1-2H3. The van der Waals surface area contributed by atoms with Crippen LogP contribution in [-0.4, -0.2) is 66.8 Å². The van der Waals surface area contributed by atoms with E-state index in [4.69, 9.17) is 0 Å². The van der Waals surface area contributed by atoms with Gasteiger partial charge >= 0.3 is 0 Å². The van der Waals surface area contributed by atoms with E-state index in [0.717, 1.165) is 19.6 Å². The van der Waals surface area contributed by atoms with Gasteiger partial charge < -0.3 is 15.1 Å². The van der Waals surface area contributed by atoms with Gasteiger partial charge in [-0.1, -0.05) is 13.8 Å². The summed E-state index contributed by atoms with van der Waals surface area (Å²) in [5.41, 5.74) is 0.509. The maximum Gasteiger partial charge on any atom is 0.232 e. The summed E-state index contributed by atoms with van der Waals surface area (Å²) in [7, 11) is 0. The molecule has 0 atom stereocenters. The Kier molecular flexibility index (Phi) is 6.38. The smallest absolute Gasteiger partial charge is 0.232 e. The van der Waals surface area contributed by atoms with Crippen molar-refractivity contribution in [2.75, 3.05) is 45.0 Å². The molecule has 0 bridgehead atoms. The fourth-order valence-electron chi connectivity index (χ4n) is 3.59. The molecule has 1 spiro atoms. The van der Waals surface area contributed by atoms with E-state index in [1.165, 1.54) is 45.3 Å². The number of nitrogens with one attached hydrogen (secondary N) is 1. The summed E-state index contributed by atoms with van der Waals surface area (Å²) in [6.07, 6.45) is 4.98. The molecule has 2 rings (SSSR count). The molecule has 21 heavy (non-hydrogen) atoms. The first kappa shape index (κ1) is 17.1. The predicted octanol–water partition coefficient (Wildman–Crippen LogP) is 1.62. The van der Waals surface area contributed by atoms with Crippen LogP contribution in [-0.2, 0) is 4.79 Å². The third-order valence-electron chi connectivity index (χ3n) is 5.21. The Labute approximate surface area is 135 Å². The van der Waals surface area contributed by atoms with Gasteiger partial charge in [-0.25, -0.2) is 0 Å². The van der Waals surface area contributed by atoms with Crippen molar-refractivity contribution in [1.29, 1.82) is 0 Å². The SMILES string of the molecule is CC(C)NCCN1CCC2(CC1)CCN(C(=O)CS)CC2. The number of carbonyl (C=O) groups excluding carboxylic acids is 1. The molecule has 5 heteroatoms. The minimum absolute atomic E-state index is 0.199. The van der Waals surface area contributed by atoms with Crippen LogP contribution in [0.3, 0.4) is 0 Å². The Morgan fingerprint density at radius 2 is 1.71 bits per heavy atom. The van der Waals surface area contributed by atoms with Gasteiger partial charge in [-0.15, -0.1) is 0 Å². The van der Waals surface area contributed by atoms with Gasteiger partial charge in [0.15, 0.2) is 0 Å². The Morgan fingerprint density at radius 1 is 1.14 bits per heavy atom. The number of amides is 1. The third-order valence-corrected chi connectivity index (χ3v) is 5.48. The number of carbonyl (C=O) groups is 1. The molecule has 1 N–H and O–H groups in total. The number of hydrogen-bond donors (Lipinski definition) is 2. The molecule has 0 aliphatic carbocycles. The summed E-state index contributed by atoms with van der Waals surface area (Å²) < 4.78 is 0. The maximum absolute atomic E-state index is 11.7. The van der Waals surface area contributed by atoms with E-state index in [1.807, 2.05) is 4.90 Å². The first-order valence-electron chi connectivity index (χ1n) is 8.39. The van der Waals surface area contributed by atoms with Crippen LogP contribution in [0.1, 0.15) is 39.5 Å². The van der Waals surface area contributed by atoms with Crippen LogP contribution in [0.2, 0.25) is 0 Å². The van der Waals surface area contributed by atoms with Crippen LogP contribution in [0.25, 0.3) is 0 Å². The third kappa shape index (κ3) is 4.86. The minimum atomic E-state index is 0.199. The average molecular weight is 314 g/mol. The van der Waals surface area contributed by atoms with Crippen molar-refractivity contribution in [1.82, 2.24) is 15.1 Å². The van der Waals surface area contributed by atoms with Crippen molar-refractivity contribution in [2.45, 2.75) is 45.6 Å². The second-order valence-electron chi connectivity index (χ2n) is 6.99. The van der Waals surface area contributed by atoms with Gasteiger partial charge in [0.1, 0.15) is 0 Å². The zero-order valence-corrected chi connectivity index (χ0v) is 14.5. The number of piperidine rings is 2. The lowest BCUT2D eigenvalue weighted by atomic mass is 9.71. The molecule has 0 saturated carbocycles. The highest BCUT2D eigenvalue weighted by Crippen LogP contribution is 2.41.